The second kappa shape index (κ2) is 8.96. The van der Waals surface area contributed by atoms with E-state index in [0.717, 1.165) is 5.56 Å². The molecule has 20 heavy (non-hydrogen) atoms. The fraction of sp³-hybridized carbons (Fsp3) is 0.647. The predicted molar refractivity (Wildman–Crippen MR) is 82.7 cm³/mol. The smallest absolute Gasteiger partial charge is 0.165 e. The molecule has 0 amide bonds. The lowest BCUT2D eigenvalue weighted by molar-refractivity contribution is 0.383. The van der Waals surface area contributed by atoms with Gasteiger partial charge in [0.2, 0.25) is 0 Å². The van der Waals surface area contributed by atoms with Crippen LogP contribution in [0.25, 0.3) is 0 Å². The number of ether oxygens (including phenoxy) is 1. The van der Waals surface area contributed by atoms with Crippen LogP contribution in [0.15, 0.2) is 18.2 Å². The highest BCUT2D eigenvalue weighted by Gasteiger charge is 2.12. The van der Waals surface area contributed by atoms with Crippen LogP contribution in [0.4, 0.5) is 4.39 Å². The molecule has 0 bridgehead atoms. The van der Waals surface area contributed by atoms with Crippen LogP contribution in [0.5, 0.6) is 5.75 Å². The number of hydrogen-bond acceptors (Lipinski definition) is 2. The van der Waals surface area contributed by atoms with Gasteiger partial charge in [0.05, 0.1) is 7.11 Å². The molecule has 3 heteroatoms. The van der Waals surface area contributed by atoms with Crippen LogP contribution in [0.2, 0.25) is 0 Å². The second-order valence-electron chi connectivity index (χ2n) is 5.53. The van der Waals surface area contributed by atoms with Crippen molar-refractivity contribution in [3.8, 4) is 5.75 Å². The Kier molecular flexibility index (Phi) is 7.60. The molecule has 0 saturated carbocycles. The van der Waals surface area contributed by atoms with Gasteiger partial charge < -0.3 is 10.1 Å². The first kappa shape index (κ1) is 17.0. The van der Waals surface area contributed by atoms with Crippen molar-refractivity contribution in [2.45, 2.75) is 65.0 Å². The first-order chi connectivity index (χ1) is 9.58. The standard InChI is InChI=1S/C17H28FNO/c1-5-6-7-8-9-13(2)19-14(3)15-10-11-16(18)17(12-15)20-4/h10-14,19H,5-9H2,1-4H3. The average Bonchev–Trinajstić information content (AvgIpc) is 2.44. The molecular formula is C17H28FNO. The van der Waals surface area contributed by atoms with E-state index in [1.807, 2.05) is 6.07 Å². The van der Waals surface area contributed by atoms with E-state index in [1.165, 1.54) is 45.3 Å². The van der Waals surface area contributed by atoms with Crippen molar-refractivity contribution in [2.75, 3.05) is 7.11 Å². The van der Waals surface area contributed by atoms with Crippen molar-refractivity contribution in [1.82, 2.24) is 5.32 Å². The summed E-state index contributed by atoms with van der Waals surface area (Å²) in [5.74, 6) is 0.00260. The number of halogens is 1. The van der Waals surface area contributed by atoms with E-state index in [4.69, 9.17) is 4.74 Å². The molecule has 0 aliphatic heterocycles. The summed E-state index contributed by atoms with van der Waals surface area (Å²) in [6, 6.07) is 5.73. The molecule has 0 spiro atoms. The Morgan fingerprint density at radius 1 is 1.20 bits per heavy atom. The van der Waals surface area contributed by atoms with Gasteiger partial charge in [-0.05, 0) is 38.0 Å². The van der Waals surface area contributed by atoms with Gasteiger partial charge in [-0.3, -0.25) is 0 Å². The van der Waals surface area contributed by atoms with Gasteiger partial charge in [0, 0.05) is 12.1 Å². The Morgan fingerprint density at radius 3 is 2.60 bits per heavy atom. The van der Waals surface area contributed by atoms with Gasteiger partial charge in [0.25, 0.3) is 0 Å². The summed E-state index contributed by atoms with van der Waals surface area (Å²) in [6.07, 6.45) is 6.34. The van der Waals surface area contributed by atoms with E-state index in [0.29, 0.717) is 11.8 Å². The van der Waals surface area contributed by atoms with Crippen LogP contribution < -0.4 is 10.1 Å². The maximum Gasteiger partial charge on any atom is 0.165 e. The lowest BCUT2D eigenvalue weighted by Gasteiger charge is -2.21. The van der Waals surface area contributed by atoms with Crippen molar-refractivity contribution in [1.29, 1.82) is 0 Å². The predicted octanol–water partition coefficient (Wildman–Crippen LogP) is 4.84. The zero-order valence-electron chi connectivity index (χ0n) is 13.2. The number of unbranched alkanes of at least 4 members (excludes halogenated alkanes) is 3. The van der Waals surface area contributed by atoms with Crippen molar-refractivity contribution in [3.05, 3.63) is 29.6 Å². The van der Waals surface area contributed by atoms with Crippen molar-refractivity contribution in [3.63, 3.8) is 0 Å². The van der Waals surface area contributed by atoms with Gasteiger partial charge in [-0.15, -0.1) is 0 Å². The summed E-state index contributed by atoms with van der Waals surface area (Å²) in [5, 5.41) is 3.57. The first-order valence-electron chi connectivity index (χ1n) is 7.68. The summed E-state index contributed by atoms with van der Waals surface area (Å²) < 4.78 is 18.4. The largest absolute Gasteiger partial charge is 0.494 e. The highest BCUT2D eigenvalue weighted by Crippen LogP contribution is 2.23. The highest BCUT2D eigenvalue weighted by molar-refractivity contribution is 5.31. The van der Waals surface area contributed by atoms with Crippen molar-refractivity contribution >= 4 is 0 Å². The number of nitrogens with one attached hydrogen (secondary N) is 1. The number of benzene rings is 1. The van der Waals surface area contributed by atoms with E-state index in [9.17, 15) is 4.39 Å². The minimum atomic E-state index is -0.309. The summed E-state index contributed by atoms with van der Waals surface area (Å²) >= 11 is 0. The molecule has 114 valence electrons. The van der Waals surface area contributed by atoms with Crippen LogP contribution in [0, 0.1) is 5.82 Å². The number of rotatable bonds is 9. The fourth-order valence-electron chi connectivity index (χ4n) is 2.43. The molecule has 0 radical (unpaired) electrons. The summed E-state index contributed by atoms with van der Waals surface area (Å²) in [4.78, 5) is 0. The molecule has 0 aliphatic carbocycles. The van der Waals surface area contributed by atoms with Crippen LogP contribution in [-0.2, 0) is 0 Å². The van der Waals surface area contributed by atoms with E-state index < -0.39 is 0 Å². The number of hydrogen-bond donors (Lipinski definition) is 1. The molecule has 0 aromatic heterocycles. The van der Waals surface area contributed by atoms with Crippen molar-refractivity contribution in [2.24, 2.45) is 0 Å². The van der Waals surface area contributed by atoms with Gasteiger partial charge in [-0.2, -0.15) is 0 Å². The molecule has 1 rings (SSSR count). The minimum absolute atomic E-state index is 0.200. The minimum Gasteiger partial charge on any atom is -0.494 e. The molecule has 0 fully saturated rings. The third-order valence-electron chi connectivity index (χ3n) is 3.70. The third kappa shape index (κ3) is 5.49. The Morgan fingerprint density at radius 2 is 1.95 bits per heavy atom. The number of methoxy groups -OCH3 is 1. The molecule has 2 nitrogen and oxygen atoms in total. The summed E-state index contributed by atoms with van der Waals surface area (Å²) in [6.45, 7) is 6.55. The molecule has 1 N–H and O–H groups in total. The topological polar surface area (TPSA) is 21.3 Å². The van der Waals surface area contributed by atoms with Crippen LogP contribution in [0.1, 0.15) is 64.5 Å². The molecule has 0 saturated heterocycles. The summed E-state index contributed by atoms with van der Waals surface area (Å²) in [5.41, 5.74) is 1.06. The molecule has 1 aromatic carbocycles. The van der Waals surface area contributed by atoms with Crippen molar-refractivity contribution < 1.29 is 9.13 Å². The SMILES string of the molecule is CCCCCCC(C)NC(C)c1ccc(F)c(OC)c1. The van der Waals surface area contributed by atoms with Gasteiger partial charge in [0.15, 0.2) is 11.6 Å². The highest BCUT2D eigenvalue weighted by atomic mass is 19.1. The maximum absolute atomic E-state index is 13.4. The second-order valence-corrected chi connectivity index (χ2v) is 5.53. The monoisotopic (exact) mass is 281 g/mol. The first-order valence-corrected chi connectivity index (χ1v) is 7.68. The van der Waals surface area contributed by atoms with E-state index in [-0.39, 0.29) is 11.9 Å². The van der Waals surface area contributed by atoms with Crippen LogP contribution >= 0.6 is 0 Å². The fourth-order valence-corrected chi connectivity index (χ4v) is 2.43. The molecular weight excluding hydrogens is 253 g/mol. The molecule has 1 aromatic rings. The van der Waals surface area contributed by atoms with Gasteiger partial charge in [0.1, 0.15) is 0 Å². The van der Waals surface area contributed by atoms with Crippen LogP contribution in [0.3, 0.4) is 0 Å². The van der Waals surface area contributed by atoms with E-state index in [2.05, 4.69) is 26.1 Å². The van der Waals surface area contributed by atoms with E-state index in [1.54, 1.807) is 6.07 Å². The van der Waals surface area contributed by atoms with Gasteiger partial charge in [-0.1, -0.05) is 38.7 Å². The quantitative estimate of drug-likeness (QED) is 0.654. The Labute approximate surface area is 122 Å². The van der Waals surface area contributed by atoms with Gasteiger partial charge >= 0.3 is 0 Å². The molecule has 0 aliphatic rings. The third-order valence-corrected chi connectivity index (χ3v) is 3.70. The molecule has 2 unspecified atom stereocenters. The van der Waals surface area contributed by atoms with Gasteiger partial charge in [-0.25, -0.2) is 4.39 Å². The molecule has 0 heterocycles. The zero-order valence-corrected chi connectivity index (χ0v) is 13.2. The van der Waals surface area contributed by atoms with Crippen LogP contribution in [-0.4, -0.2) is 13.2 Å². The lowest BCUT2D eigenvalue weighted by atomic mass is 10.0. The molecule has 2 atom stereocenters. The Balaban J connectivity index is 2.47. The zero-order chi connectivity index (χ0) is 15.0. The average molecular weight is 281 g/mol. The Hall–Kier alpha value is -1.09. The maximum atomic E-state index is 13.4. The van der Waals surface area contributed by atoms with E-state index >= 15 is 0 Å². The normalized spacial score (nSPS) is 14.1. The Bertz CT molecular complexity index is 395. The lowest BCUT2D eigenvalue weighted by Crippen LogP contribution is -2.28. The summed E-state index contributed by atoms with van der Waals surface area (Å²) in [7, 11) is 1.50.